The molecule has 0 aromatic heterocycles. The van der Waals surface area contributed by atoms with Crippen LogP contribution in [0.1, 0.15) is 36.1 Å². The highest BCUT2D eigenvalue weighted by Gasteiger charge is 2.06. The number of ether oxygens (including phenoxy) is 2. The zero-order valence-electron chi connectivity index (χ0n) is 36.2. The molecular formula is C44H56N12O6. The van der Waals surface area contributed by atoms with Gasteiger partial charge in [0.25, 0.3) is 0 Å². The van der Waals surface area contributed by atoms with Gasteiger partial charge in [0.05, 0.1) is 62.1 Å². The van der Waals surface area contributed by atoms with E-state index in [1.807, 2.05) is 101 Å². The van der Waals surface area contributed by atoms with Crippen LogP contribution in [0.3, 0.4) is 0 Å². The van der Waals surface area contributed by atoms with Crippen LogP contribution in [0.15, 0.2) is 163 Å². The lowest BCUT2D eigenvalue weighted by Crippen LogP contribution is -2.24. The first-order valence-electron chi connectivity index (χ1n) is 19.5. The number of hydrogen-bond acceptors (Lipinski definition) is 14. The first-order chi connectivity index (χ1) is 29.7. The maximum Gasteiger partial charge on any atom is 0.333 e. The highest BCUT2D eigenvalue weighted by atomic mass is 16.5. The van der Waals surface area contributed by atoms with Crippen LogP contribution in [0.2, 0.25) is 0 Å². The Hall–Kier alpha value is -7.18. The van der Waals surface area contributed by atoms with Crippen LogP contribution in [0.25, 0.3) is 0 Å². The van der Waals surface area contributed by atoms with E-state index in [4.69, 9.17) is 19.7 Å². The van der Waals surface area contributed by atoms with Crippen molar-refractivity contribution in [3.63, 3.8) is 0 Å². The molecule has 0 aliphatic carbocycles. The van der Waals surface area contributed by atoms with E-state index in [1.54, 1.807) is 58.1 Å². The van der Waals surface area contributed by atoms with E-state index in [1.165, 1.54) is 0 Å². The van der Waals surface area contributed by atoms with Crippen molar-refractivity contribution < 1.29 is 29.3 Å². The number of carbonyl (C=O) groups excluding carboxylic acids is 2. The number of nitrogens with zero attached hydrogens (tertiary/aromatic N) is 12. The van der Waals surface area contributed by atoms with Crippen LogP contribution >= 0.6 is 0 Å². The second-order valence-electron chi connectivity index (χ2n) is 14.0. The molecule has 0 amide bonds. The third-order valence-electron chi connectivity index (χ3n) is 8.29. The van der Waals surface area contributed by atoms with Gasteiger partial charge >= 0.3 is 11.9 Å². The molecule has 2 N–H and O–H groups in total. The third kappa shape index (κ3) is 19.7. The Morgan fingerprint density at radius 2 is 0.677 bits per heavy atom. The van der Waals surface area contributed by atoms with Gasteiger partial charge in [0.2, 0.25) is 0 Å². The lowest BCUT2D eigenvalue weighted by Gasteiger charge is -2.15. The van der Waals surface area contributed by atoms with E-state index in [9.17, 15) is 9.59 Å². The number of hydrogen-bond donors (Lipinski definition) is 2. The number of aliphatic hydroxyl groups is 2. The van der Waals surface area contributed by atoms with Crippen molar-refractivity contribution in [1.82, 2.24) is 20.0 Å². The highest BCUT2D eigenvalue weighted by molar-refractivity contribution is 5.87. The van der Waals surface area contributed by atoms with Crippen LogP contribution in [0.4, 0.5) is 22.7 Å². The lowest BCUT2D eigenvalue weighted by molar-refractivity contribution is -0.141. The monoisotopic (exact) mass is 848 g/mol. The summed E-state index contributed by atoms with van der Waals surface area (Å²) >= 11 is 0. The van der Waals surface area contributed by atoms with Gasteiger partial charge in [-0.15, -0.1) is 20.5 Å². The molecule has 18 heteroatoms. The minimum atomic E-state index is -0.415. The first kappa shape index (κ1) is 49.2. The summed E-state index contributed by atoms with van der Waals surface area (Å²) in [5.41, 5.74) is 6.95. The topological polar surface area (TPSA) is 205 Å². The lowest BCUT2D eigenvalue weighted by atomic mass is 10.2. The second-order valence-corrected chi connectivity index (χ2v) is 14.0. The van der Waals surface area contributed by atoms with Crippen LogP contribution in [0, 0.1) is 0 Å². The normalized spacial score (nSPS) is 11.1. The maximum absolute atomic E-state index is 11.5. The van der Waals surface area contributed by atoms with Crippen molar-refractivity contribution in [1.29, 1.82) is 0 Å². The molecule has 328 valence electrons. The smallest absolute Gasteiger partial charge is 0.333 e. The Bertz CT molecular complexity index is 1970. The third-order valence-corrected chi connectivity index (χ3v) is 8.29. The summed E-state index contributed by atoms with van der Waals surface area (Å²) in [4.78, 5) is 22.9. The minimum absolute atomic E-state index is 0.0177. The van der Waals surface area contributed by atoms with Gasteiger partial charge in [-0.1, -0.05) is 82.6 Å². The summed E-state index contributed by atoms with van der Waals surface area (Å²) < 4.78 is 10.2. The van der Waals surface area contributed by atoms with E-state index in [0.29, 0.717) is 48.7 Å². The molecule has 18 nitrogen and oxygen atoms in total. The van der Waals surface area contributed by atoms with E-state index in [-0.39, 0.29) is 26.4 Å². The standard InChI is InChI=1S/C26H32N6O4.C18H24N6O2/c1-19(2)25(33)35-17-21-7-11-23(12-8-21)27-29-31(5)15-16-32(6)30-28-24-13-9-22(10-14-24)18-36-26(34)20(3)4;1-23(21-19-17-7-3-15(13-25)4-8-17)11-12-24(2)22-20-18-9-5-16(14-26)6-10-18/h7-14H,1,3,15-18H2,2,4-6H3;3-10,25-26H,11-14H2,1-2H3. The van der Waals surface area contributed by atoms with Crippen molar-refractivity contribution >= 4 is 34.7 Å². The summed E-state index contributed by atoms with van der Waals surface area (Å²) in [6, 6.07) is 29.0. The number of aliphatic hydroxyl groups excluding tert-OH is 2. The fourth-order valence-electron chi connectivity index (χ4n) is 4.47. The van der Waals surface area contributed by atoms with Gasteiger partial charge < -0.3 is 19.7 Å². The van der Waals surface area contributed by atoms with Gasteiger partial charge in [-0.3, -0.25) is 20.0 Å². The molecule has 0 atom stereocenters. The quantitative estimate of drug-likeness (QED) is 0.0333. The largest absolute Gasteiger partial charge is 0.457 e. The van der Waals surface area contributed by atoms with Crippen LogP contribution in [-0.4, -0.2) is 96.6 Å². The summed E-state index contributed by atoms with van der Waals surface area (Å²) in [5, 5.41) is 58.2. The first-order valence-corrected chi connectivity index (χ1v) is 19.5. The van der Waals surface area contributed by atoms with Crippen LogP contribution in [-0.2, 0) is 45.5 Å². The van der Waals surface area contributed by atoms with E-state index < -0.39 is 11.9 Å². The van der Waals surface area contributed by atoms with Crippen molar-refractivity contribution in [2.45, 2.75) is 40.3 Å². The number of rotatable bonds is 22. The van der Waals surface area contributed by atoms with Crippen molar-refractivity contribution in [3.05, 3.63) is 144 Å². The molecule has 4 aromatic rings. The Kier molecular flexibility index (Phi) is 21.3. The molecule has 0 bridgehead atoms. The summed E-state index contributed by atoms with van der Waals surface area (Å²) in [5.74, 6) is -0.830. The molecule has 62 heavy (non-hydrogen) atoms. The van der Waals surface area contributed by atoms with Gasteiger partial charge in [-0.05, 0) is 84.6 Å². The van der Waals surface area contributed by atoms with Crippen molar-refractivity contribution in [2.75, 3.05) is 54.4 Å². The van der Waals surface area contributed by atoms with Crippen LogP contribution < -0.4 is 0 Å². The predicted molar refractivity (Wildman–Crippen MR) is 235 cm³/mol. The van der Waals surface area contributed by atoms with Gasteiger partial charge in [0.15, 0.2) is 0 Å². The second kappa shape index (κ2) is 26.8. The zero-order chi connectivity index (χ0) is 45.3. The van der Waals surface area contributed by atoms with Crippen LogP contribution in [0.5, 0.6) is 0 Å². The molecule has 0 spiro atoms. The minimum Gasteiger partial charge on any atom is -0.457 e. The number of esters is 2. The molecule has 0 fully saturated rings. The number of benzene rings is 4. The average Bonchev–Trinajstić information content (AvgIpc) is 3.29. The Labute approximate surface area is 362 Å². The molecule has 0 heterocycles. The Morgan fingerprint density at radius 1 is 0.452 bits per heavy atom. The average molecular weight is 849 g/mol. The maximum atomic E-state index is 11.5. The van der Waals surface area contributed by atoms with E-state index >= 15 is 0 Å². The van der Waals surface area contributed by atoms with Gasteiger partial charge in [0.1, 0.15) is 13.2 Å². The highest BCUT2D eigenvalue weighted by Crippen LogP contribution is 2.18. The summed E-state index contributed by atoms with van der Waals surface area (Å²) in [6.45, 7) is 13.2. The fourth-order valence-corrected chi connectivity index (χ4v) is 4.47. The zero-order valence-corrected chi connectivity index (χ0v) is 36.2. The molecule has 0 saturated heterocycles. The molecule has 0 radical (unpaired) electrons. The molecule has 4 aromatic carbocycles. The molecule has 0 aliphatic heterocycles. The number of carbonyl (C=O) groups is 2. The molecule has 4 rings (SSSR count). The molecular weight excluding hydrogens is 793 g/mol. The molecule has 0 aliphatic rings. The van der Waals surface area contributed by atoms with E-state index in [0.717, 1.165) is 33.6 Å². The molecule has 0 saturated carbocycles. The van der Waals surface area contributed by atoms with Gasteiger partial charge in [-0.2, -0.15) is 0 Å². The SMILES string of the molecule is C=C(C)C(=O)OCc1ccc(N=NN(C)CCN(C)N=Nc2ccc(COC(=O)C(=C)C)cc2)cc1.CN(CCN(C)N=Nc1ccc(CO)cc1)N=Nc1ccc(CO)cc1. The van der Waals surface area contributed by atoms with E-state index in [2.05, 4.69) is 54.5 Å². The van der Waals surface area contributed by atoms with Crippen molar-refractivity contribution in [2.24, 2.45) is 41.4 Å². The predicted octanol–water partition coefficient (Wildman–Crippen LogP) is 8.72. The fraction of sp³-hybridized carbons (Fsp3) is 0.318. The molecule has 0 unspecified atom stereocenters. The van der Waals surface area contributed by atoms with Gasteiger partial charge in [0, 0.05) is 39.3 Å². The Morgan fingerprint density at radius 3 is 0.887 bits per heavy atom. The summed E-state index contributed by atoms with van der Waals surface area (Å²) in [6.07, 6.45) is 0. The number of likely N-dealkylation sites (N-methyl/N-ethyl adjacent to an activating group) is 4. The Balaban J connectivity index is 0.000000348. The van der Waals surface area contributed by atoms with Crippen molar-refractivity contribution in [3.8, 4) is 0 Å². The van der Waals surface area contributed by atoms with Gasteiger partial charge in [-0.25, -0.2) is 9.59 Å². The summed E-state index contributed by atoms with van der Waals surface area (Å²) in [7, 11) is 7.31.